The molecule has 23 heavy (non-hydrogen) atoms. The molecular weight excluding hydrogens is 292 g/mol. The van der Waals surface area contributed by atoms with Crippen LogP contribution in [0.25, 0.3) is 17.0 Å². The van der Waals surface area contributed by atoms with Gasteiger partial charge in [0.1, 0.15) is 24.3 Å². The minimum absolute atomic E-state index is 0.0593. The van der Waals surface area contributed by atoms with Gasteiger partial charge in [-0.15, -0.1) is 0 Å². The van der Waals surface area contributed by atoms with E-state index in [2.05, 4.69) is 35.6 Å². The van der Waals surface area contributed by atoms with Gasteiger partial charge in [-0.3, -0.25) is 5.10 Å². The smallest absolute Gasteiger partial charge is 0.254 e. The molecule has 3 heterocycles. The summed E-state index contributed by atoms with van der Waals surface area (Å²) in [6.45, 7) is 1.99. The molecule has 0 spiro atoms. The van der Waals surface area contributed by atoms with E-state index in [-0.39, 0.29) is 6.04 Å². The Morgan fingerprint density at radius 1 is 1.13 bits per heavy atom. The molecule has 8 heteroatoms. The van der Waals surface area contributed by atoms with Crippen molar-refractivity contribution in [3.05, 3.63) is 54.9 Å². The molecule has 1 aromatic carbocycles. The fourth-order valence-corrected chi connectivity index (χ4v) is 2.39. The summed E-state index contributed by atoms with van der Waals surface area (Å²) in [5.41, 5.74) is 1.85. The van der Waals surface area contributed by atoms with Crippen molar-refractivity contribution in [1.29, 1.82) is 0 Å². The molecular formula is C15H14N8. The molecule has 0 saturated carbocycles. The van der Waals surface area contributed by atoms with E-state index >= 15 is 0 Å². The summed E-state index contributed by atoms with van der Waals surface area (Å²) in [5, 5.41) is 14.3. The van der Waals surface area contributed by atoms with E-state index in [0.29, 0.717) is 5.78 Å². The maximum atomic E-state index is 4.55. The molecule has 114 valence electrons. The fourth-order valence-electron chi connectivity index (χ4n) is 2.39. The molecule has 1 atom stereocenters. The summed E-state index contributed by atoms with van der Waals surface area (Å²) in [6, 6.07) is 11.9. The Morgan fingerprint density at radius 2 is 2.00 bits per heavy atom. The number of aromatic amines is 1. The lowest BCUT2D eigenvalue weighted by atomic mass is 10.1. The van der Waals surface area contributed by atoms with Gasteiger partial charge in [0.2, 0.25) is 0 Å². The quantitative estimate of drug-likeness (QED) is 0.599. The second-order valence-electron chi connectivity index (χ2n) is 5.10. The summed E-state index contributed by atoms with van der Waals surface area (Å²) < 4.78 is 1.67. The van der Waals surface area contributed by atoms with E-state index in [1.807, 2.05) is 43.3 Å². The summed E-state index contributed by atoms with van der Waals surface area (Å²) in [7, 11) is 0. The second-order valence-corrected chi connectivity index (χ2v) is 5.10. The first-order chi connectivity index (χ1) is 11.3. The normalized spacial score (nSPS) is 12.4. The van der Waals surface area contributed by atoms with Crippen LogP contribution in [-0.2, 0) is 0 Å². The highest BCUT2D eigenvalue weighted by molar-refractivity contribution is 5.65. The van der Waals surface area contributed by atoms with Crippen LogP contribution in [0.1, 0.15) is 18.8 Å². The number of benzene rings is 1. The Hall–Kier alpha value is -3.29. The molecule has 4 aromatic rings. The minimum Gasteiger partial charge on any atom is -0.360 e. The minimum atomic E-state index is -0.0593. The van der Waals surface area contributed by atoms with Crippen molar-refractivity contribution in [2.24, 2.45) is 0 Å². The van der Waals surface area contributed by atoms with E-state index in [0.717, 1.165) is 22.9 Å². The number of hydrogen-bond acceptors (Lipinski definition) is 6. The SMILES string of the molecule is CC(Nc1cc(-c2ccccc2)nc2ncnn12)c1ncn[nH]1. The van der Waals surface area contributed by atoms with Gasteiger partial charge in [0.05, 0.1) is 11.7 Å². The average Bonchev–Trinajstić information content (AvgIpc) is 3.27. The highest BCUT2D eigenvalue weighted by Crippen LogP contribution is 2.23. The Kier molecular flexibility index (Phi) is 3.19. The number of nitrogens with one attached hydrogen (secondary N) is 2. The van der Waals surface area contributed by atoms with Gasteiger partial charge < -0.3 is 5.32 Å². The number of H-pyrrole nitrogens is 1. The number of aromatic nitrogens is 7. The first-order valence-electron chi connectivity index (χ1n) is 7.19. The molecule has 4 rings (SSSR count). The summed E-state index contributed by atoms with van der Waals surface area (Å²) in [6.07, 6.45) is 2.97. The summed E-state index contributed by atoms with van der Waals surface area (Å²) in [5.74, 6) is 2.07. The lowest BCUT2D eigenvalue weighted by Crippen LogP contribution is -2.12. The monoisotopic (exact) mass is 306 g/mol. The molecule has 8 nitrogen and oxygen atoms in total. The predicted octanol–water partition coefficient (Wildman–Crippen LogP) is 2.08. The zero-order valence-electron chi connectivity index (χ0n) is 12.4. The van der Waals surface area contributed by atoms with E-state index < -0.39 is 0 Å². The standard InChI is InChI=1S/C15H14N8/c1-10(14-16-8-18-22-14)20-13-7-12(11-5-3-2-4-6-11)21-15-17-9-19-23(13)15/h2-10,20H,1H3,(H,16,18,22). The van der Waals surface area contributed by atoms with Crippen molar-refractivity contribution < 1.29 is 0 Å². The predicted molar refractivity (Wildman–Crippen MR) is 84.6 cm³/mol. The largest absolute Gasteiger partial charge is 0.360 e. The third-order valence-electron chi connectivity index (χ3n) is 3.53. The van der Waals surface area contributed by atoms with Crippen molar-refractivity contribution in [3.63, 3.8) is 0 Å². The van der Waals surface area contributed by atoms with Crippen LogP contribution in [0.2, 0.25) is 0 Å². The van der Waals surface area contributed by atoms with Gasteiger partial charge in [0.25, 0.3) is 5.78 Å². The van der Waals surface area contributed by atoms with Crippen molar-refractivity contribution >= 4 is 11.6 Å². The van der Waals surface area contributed by atoms with Gasteiger partial charge in [-0.05, 0) is 6.92 Å². The van der Waals surface area contributed by atoms with Crippen LogP contribution in [0.5, 0.6) is 0 Å². The molecule has 0 amide bonds. The molecule has 0 saturated heterocycles. The lowest BCUT2D eigenvalue weighted by Gasteiger charge is -2.14. The van der Waals surface area contributed by atoms with Crippen molar-refractivity contribution in [2.45, 2.75) is 13.0 Å². The first-order valence-corrected chi connectivity index (χ1v) is 7.19. The van der Waals surface area contributed by atoms with Crippen molar-refractivity contribution in [1.82, 2.24) is 34.8 Å². The zero-order chi connectivity index (χ0) is 15.6. The number of anilines is 1. The molecule has 0 bridgehead atoms. The van der Waals surface area contributed by atoms with Crippen LogP contribution in [0.4, 0.5) is 5.82 Å². The number of nitrogens with zero attached hydrogens (tertiary/aromatic N) is 6. The second kappa shape index (κ2) is 5.48. The number of fused-ring (bicyclic) bond motifs is 1. The summed E-state index contributed by atoms with van der Waals surface area (Å²) in [4.78, 5) is 12.9. The van der Waals surface area contributed by atoms with E-state index in [1.165, 1.54) is 12.7 Å². The van der Waals surface area contributed by atoms with Crippen LogP contribution in [0.3, 0.4) is 0 Å². The van der Waals surface area contributed by atoms with Gasteiger partial charge in [-0.1, -0.05) is 30.3 Å². The third kappa shape index (κ3) is 2.50. The van der Waals surface area contributed by atoms with Gasteiger partial charge in [-0.2, -0.15) is 19.7 Å². The lowest BCUT2D eigenvalue weighted by molar-refractivity contribution is 0.777. The molecule has 3 aromatic heterocycles. The van der Waals surface area contributed by atoms with Crippen molar-refractivity contribution in [2.75, 3.05) is 5.32 Å². The Labute approximate surface area is 131 Å². The zero-order valence-corrected chi connectivity index (χ0v) is 12.4. The first kappa shape index (κ1) is 13.4. The highest BCUT2D eigenvalue weighted by Gasteiger charge is 2.13. The molecule has 1 unspecified atom stereocenters. The molecule has 0 aliphatic heterocycles. The molecule has 2 N–H and O–H groups in total. The Balaban J connectivity index is 1.77. The van der Waals surface area contributed by atoms with Crippen LogP contribution in [-0.4, -0.2) is 34.8 Å². The van der Waals surface area contributed by atoms with E-state index in [9.17, 15) is 0 Å². The van der Waals surface area contributed by atoms with Crippen LogP contribution in [0.15, 0.2) is 49.1 Å². The average molecular weight is 306 g/mol. The topological polar surface area (TPSA) is 96.7 Å². The maximum Gasteiger partial charge on any atom is 0.254 e. The maximum absolute atomic E-state index is 4.55. The molecule has 0 radical (unpaired) electrons. The van der Waals surface area contributed by atoms with Gasteiger partial charge in [0.15, 0.2) is 0 Å². The fraction of sp³-hybridized carbons (Fsp3) is 0.133. The molecule has 0 fully saturated rings. The highest BCUT2D eigenvalue weighted by atomic mass is 15.4. The Bertz CT molecular complexity index is 913. The van der Waals surface area contributed by atoms with Gasteiger partial charge in [0, 0.05) is 11.6 Å². The van der Waals surface area contributed by atoms with Gasteiger partial charge >= 0.3 is 0 Å². The third-order valence-corrected chi connectivity index (χ3v) is 3.53. The number of hydrogen-bond donors (Lipinski definition) is 2. The Morgan fingerprint density at radius 3 is 2.78 bits per heavy atom. The van der Waals surface area contributed by atoms with Crippen molar-refractivity contribution in [3.8, 4) is 11.3 Å². The molecule has 0 aliphatic rings. The summed E-state index contributed by atoms with van der Waals surface area (Å²) >= 11 is 0. The number of rotatable bonds is 4. The van der Waals surface area contributed by atoms with E-state index in [1.54, 1.807) is 4.52 Å². The van der Waals surface area contributed by atoms with Crippen LogP contribution < -0.4 is 5.32 Å². The van der Waals surface area contributed by atoms with Crippen LogP contribution in [0, 0.1) is 0 Å². The van der Waals surface area contributed by atoms with Gasteiger partial charge in [-0.25, -0.2) is 9.97 Å². The van der Waals surface area contributed by atoms with E-state index in [4.69, 9.17) is 0 Å². The molecule has 0 aliphatic carbocycles. The van der Waals surface area contributed by atoms with Crippen LogP contribution >= 0.6 is 0 Å².